The maximum Gasteiger partial charge on any atom is 0.227 e. The van der Waals surface area contributed by atoms with Crippen molar-refractivity contribution in [3.8, 4) is 0 Å². The van der Waals surface area contributed by atoms with Crippen LogP contribution in [0.5, 0.6) is 0 Å². The molecule has 0 spiro atoms. The highest BCUT2D eigenvalue weighted by atomic mass is 19.1. The van der Waals surface area contributed by atoms with Gasteiger partial charge in [-0.05, 0) is 55.8 Å². The fourth-order valence-corrected chi connectivity index (χ4v) is 3.37. The molecule has 6 heteroatoms. The number of nitrogens with one attached hydrogen (secondary N) is 3. The van der Waals surface area contributed by atoms with Crippen molar-refractivity contribution in [1.82, 2.24) is 15.3 Å². The molecule has 26 heavy (non-hydrogen) atoms. The molecule has 5 nitrogen and oxygen atoms in total. The molecule has 1 aliphatic rings. The van der Waals surface area contributed by atoms with E-state index in [0.29, 0.717) is 17.8 Å². The van der Waals surface area contributed by atoms with Crippen molar-refractivity contribution in [2.24, 2.45) is 5.92 Å². The summed E-state index contributed by atoms with van der Waals surface area (Å²) in [6.45, 7) is 1.77. The molecule has 2 aromatic carbocycles. The number of H-pyrrole nitrogens is 1. The molecule has 1 saturated heterocycles. The van der Waals surface area contributed by atoms with Crippen LogP contribution in [0, 0.1) is 11.7 Å². The van der Waals surface area contributed by atoms with Crippen molar-refractivity contribution in [3.63, 3.8) is 0 Å². The second-order valence-corrected chi connectivity index (χ2v) is 6.70. The summed E-state index contributed by atoms with van der Waals surface area (Å²) in [5.74, 6) is 0.595. The van der Waals surface area contributed by atoms with E-state index in [2.05, 4.69) is 20.6 Å². The Balaban J connectivity index is 1.50. The van der Waals surface area contributed by atoms with Crippen LogP contribution in [0.25, 0.3) is 11.0 Å². The first-order valence-corrected chi connectivity index (χ1v) is 8.93. The minimum absolute atomic E-state index is 0.0605. The topological polar surface area (TPSA) is 69.8 Å². The Bertz CT molecular complexity index is 930. The normalized spacial score (nSPS) is 15.3. The zero-order valence-corrected chi connectivity index (χ0v) is 14.4. The molecule has 1 aromatic heterocycles. The molecule has 1 aliphatic heterocycles. The molecule has 2 heterocycles. The molecular formula is C20H21FN4O. The van der Waals surface area contributed by atoms with Crippen molar-refractivity contribution < 1.29 is 9.18 Å². The number of hydrogen-bond donors (Lipinski definition) is 3. The van der Waals surface area contributed by atoms with E-state index >= 15 is 0 Å². The van der Waals surface area contributed by atoms with E-state index in [0.717, 1.165) is 42.7 Å². The van der Waals surface area contributed by atoms with Crippen LogP contribution in [0.15, 0.2) is 42.5 Å². The molecule has 0 bridgehead atoms. The van der Waals surface area contributed by atoms with Crippen LogP contribution in [0.4, 0.5) is 10.1 Å². The summed E-state index contributed by atoms with van der Waals surface area (Å²) in [4.78, 5) is 20.1. The number of aromatic nitrogens is 2. The van der Waals surface area contributed by atoms with E-state index < -0.39 is 0 Å². The van der Waals surface area contributed by atoms with Gasteiger partial charge in [0.25, 0.3) is 0 Å². The lowest BCUT2D eigenvalue weighted by molar-refractivity contribution is -0.120. The van der Waals surface area contributed by atoms with Gasteiger partial charge in [-0.25, -0.2) is 9.37 Å². The van der Waals surface area contributed by atoms with Gasteiger partial charge in [0.15, 0.2) is 0 Å². The van der Waals surface area contributed by atoms with Gasteiger partial charge in [0.1, 0.15) is 11.6 Å². The number of fused-ring (bicyclic) bond motifs is 1. The van der Waals surface area contributed by atoms with E-state index in [4.69, 9.17) is 0 Å². The number of carbonyl (C=O) groups excluding carboxylic acids is 1. The maximum atomic E-state index is 13.8. The Hall–Kier alpha value is -2.73. The monoisotopic (exact) mass is 352 g/mol. The summed E-state index contributed by atoms with van der Waals surface area (Å²) in [5.41, 5.74) is 2.99. The molecule has 4 rings (SSSR count). The van der Waals surface area contributed by atoms with Gasteiger partial charge in [-0.1, -0.05) is 18.2 Å². The third-order valence-corrected chi connectivity index (χ3v) is 4.82. The first-order chi connectivity index (χ1) is 12.7. The molecule has 3 N–H and O–H groups in total. The number of carbonyl (C=O) groups is 1. The Labute approximate surface area is 151 Å². The number of rotatable bonds is 4. The van der Waals surface area contributed by atoms with E-state index in [1.165, 1.54) is 6.07 Å². The van der Waals surface area contributed by atoms with Gasteiger partial charge in [-0.15, -0.1) is 0 Å². The largest absolute Gasteiger partial charge is 0.342 e. The molecule has 134 valence electrons. The number of nitrogens with zero attached hydrogens (tertiary/aromatic N) is 1. The Morgan fingerprint density at radius 3 is 2.81 bits per heavy atom. The number of imidazole rings is 1. The average Bonchev–Trinajstić information content (AvgIpc) is 3.06. The highest BCUT2D eigenvalue weighted by molar-refractivity contribution is 5.94. The van der Waals surface area contributed by atoms with Crippen molar-refractivity contribution >= 4 is 22.6 Å². The van der Waals surface area contributed by atoms with Crippen molar-refractivity contribution in [1.29, 1.82) is 0 Å². The summed E-state index contributed by atoms with van der Waals surface area (Å²) < 4.78 is 13.8. The summed E-state index contributed by atoms with van der Waals surface area (Å²) in [7, 11) is 0. The quantitative estimate of drug-likeness (QED) is 0.675. The highest BCUT2D eigenvalue weighted by Crippen LogP contribution is 2.21. The van der Waals surface area contributed by atoms with E-state index in [-0.39, 0.29) is 17.6 Å². The third kappa shape index (κ3) is 3.60. The molecule has 0 atom stereocenters. The molecule has 0 aliphatic carbocycles. The van der Waals surface area contributed by atoms with Crippen LogP contribution in [0.2, 0.25) is 0 Å². The third-order valence-electron chi connectivity index (χ3n) is 4.82. The second-order valence-electron chi connectivity index (χ2n) is 6.70. The number of halogens is 1. The number of aromatic amines is 1. The minimum atomic E-state index is -0.233. The van der Waals surface area contributed by atoms with Gasteiger partial charge < -0.3 is 15.6 Å². The van der Waals surface area contributed by atoms with Gasteiger partial charge in [-0.2, -0.15) is 0 Å². The fourth-order valence-electron chi connectivity index (χ4n) is 3.37. The number of piperidine rings is 1. The van der Waals surface area contributed by atoms with Crippen LogP contribution in [-0.2, 0) is 11.2 Å². The van der Waals surface area contributed by atoms with Gasteiger partial charge in [0.05, 0.1) is 11.0 Å². The van der Waals surface area contributed by atoms with Crippen LogP contribution >= 0.6 is 0 Å². The molecule has 0 saturated carbocycles. The number of hydrogen-bond acceptors (Lipinski definition) is 3. The molecular weight excluding hydrogens is 331 g/mol. The average molecular weight is 352 g/mol. The molecule has 3 aromatic rings. The van der Waals surface area contributed by atoms with Crippen molar-refractivity contribution in [2.45, 2.75) is 19.3 Å². The van der Waals surface area contributed by atoms with Gasteiger partial charge in [-0.3, -0.25) is 4.79 Å². The predicted molar refractivity (Wildman–Crippen MR) is 99.5 cm³/mol. The van der Waals surface area contributed by atoms with Gasteiger partial charge >= 0.3 is 0 Å². The number of benzene rings is 2. The second kappa shape index (κ2) is 7.25. The zero-order valence-electron chi connectivity index (χ0n) is 14.4. The first kappa shape index (κ1) is 16.7. The molecule has 0 radical (unpaired) electrons. The van der Waals surface area contributed by atoms with Gasteiger partial charge in [0, 0.05) is 18.0 Å². The fraction of sp³-hybridized carbons (Fsp3) is 0.300. The Morgan fingerprint density at radius 1 is 1.19 bits per heavy atom. The lowest BCUT2D eigenvalue weighted by Crippen LogP contribution is -2.34. The summed E-state index contributed by atoms with van der Waals surface area (Å²) in [6.07, 6.45) is 2.13. The van der Waals surface area contributed by atoms with Crippen LogP contribution in [0.1, 0.15) is 24.2 Å². The molecule has 1 fully saturated rings. The van der Waals surface area contributed by atoms with E-state index in [1.54, 1.807) is 12.1 Å². The minimum Gasteiger partial charge on any atom is -0.342 e. The zero-order chi connectivity index (χ0) is 17.9. The summed E-state index contributed by atoms with van der Waals surface area (Å²) >= 11 is 0. The van der Waals surface area contributed by atoms with Crippen LogP contribution in [-0.4, -0.2) is 29.0 Å². The smallest absolute Gasteiger partial charge is 0.227 e. The SMILES string of the molecule is O=C(Nc1ccc2nc(Cc3ccccc3F)[nH]c2c1)C1CCNCC1. The Morgan fingerprint density at radius 2 is 2.00 bits per heavy atom. The van der Waals surface area contributed by atoms with E-state index in [9.17, 15) is 9.18 Å². The van der Waals surface area contributed by atoms with Gasteiger partial charge in [0.2, 0.25) is 5.91 Å². The molecule has 0 unspecified atom stereocenters. The van der Waals surface area contributed by atoms with E-state index in [1.807, 2.05) is 24.3 Å². The van der Waals surface area contributed by atoms with Crippen LogP contribution < -0.4 is 10.6 Å². The van der Waals surface area contributed by atoms with Crippen molar-refractivity contribution in [3.05, 3.63) is 59.7 Å². The standard InChI is InChI=1S/C20H21FN4O/c21-16-4-2-1-3-14(16)11-19-24-17-6-5-15(12-18(17)25-19)23-20(26)13-7-9-22-10-8-13/h1-6,12-13,22H,7-11H2,(H,23,26)(H,24,25). The summed E-state index contributed by atoms with van der Waals surface area (Å²) in [5, 5.41) is 6.26. The van der Waals surface area contributed by atoms with Crippen LogP contribution in [0.3, 0.4) is 0 Å². The highest BCUT2D eigenvalue weighted by Gasteiger charge is 2.21. The number of anilines is 1. The lowest BCUT2D eigenvalue weighted by atomic mass is 9.97. The van der Waals surface area contributed by atoms with Crippen molar-refractivity contribution in [2.75, 3.05) is 18.4 Å². The maximum absolute atomic E-state index is 13.8. The molecule has 1 amide bonds. The lowest BCUT2D eigenvalue weighted by Gasteiger charge is -2.21. The Kier molecular flexibility index (Phi) is 4.67. The summed E-state index contributed by atoms with van der Waals surface area (Å²) in [6, 6.07) is 12.3. The number of amides is 1. The first-order valence-electron chi connectivity index (χ1n) is 8.93. The predicted octanol–water partition coefficient (Wildman–Crippen LogP) is 3.23.